The lowest BCUT2D eigenvalue weighted by Crippen LogP contribution is -2.31. The van der Waals surface area contributed by atoms with Crippen molar-refractivity contribution in [2.75, 3.05) is 6.54 Å². The van der Waals surface area contributed by atoms with E-state index in [9.17, 15) is 0 Å². The molecule has 2 atom stereocenters. The Balaban J connectivity index is 1.82. The fourth-order valence-corrected chi connectivity index (χ4v) is 4.09. The van der Waals surface area contributed by atoms with Gasteiger partial charge in [-0.25, -0.2) is 0 Å². The van der Waals surface area contributed by atoms with Crippen LogP contribution in [0, 0.1) is 5.92 Å². The highest BCUT2D eigenvalue weighted by atomic mass is 32.1. The Bertz CT molecular complexity index is 518. The van der Waals surface area contributed by atoms with Gasteiger partial charge in [-0.3, -0.25) is 0 Å². The third-order valence-electron chi connectivity index (χ3n) is 4.13. The van der Waals surface area contributed by atoms with Crippen molar-refractivity contribution in [3.63, 3.8) is 0 Å². The molecular weight excluding hydrogens is 250 g/mol. The Hall–Kier alpha value is -1.12. The molecule has 0 fully saturated rings. The zero-order chi connectivity index (χ0) is 13.1. The molecule has 1 aromatic carbocycles. The molecule has 2 heteroatoms. The summed E-state index contributed by atoms with van der Waals surface area (Å²) in [5, 5.41) is 5.89. The van der Waals surface area contributed by atoms with Crippen molar-refractivity contribution in [2.45, 2.75) is 32.2 Å². The fraction of sp³-hybridized carbons (Fsp3) is 0.412. The van der Waals surface area contributed by atoms with Crippen molar-refractivity contribution < 1.29 is 0 Å². The molecule has 0 spiro atoms. The summed E-state index contributed by atoms with van der Waals surface area (Å²) in [6, 6.07) is 13.9. The summed E-state index contributed by atoms with van der Waals surface area (Å²) < 4.78 is 0. The maximum absolute atomic E-state index is 3.70. The van der Waals surface area contributed by atoms with Gasteiger partial charge in [0.2, 0.25) is 0 Å². The second kappa shape index (κ2) is 5.89. The molecule has 0 radical (unpaired) electrons. The standard InChI is InChI=1S/C17H21NS/c1-2-18-17(16-8-5-11-19-16)15-10-9-13-6-3-4-7-14(13)12-15/h3-8,11,15,17-18H,2,9-10,12H2,1H3. The highest BCUT2D eigenvalue weighted by Gasteiger charge is 2.27. The summed E-state index contributed by atoms with van der Waals surface area (Å²) in [4.78, 5) is 1.49. The molecule has 1 aromatic heterocycles. The van der Waals surface area contributed by atoms with Crippen LogP contribution in [0.25, 0.3) is 0 Å². The fourth-order valence-electron chi connectivity index (χ4n) is 3.20. The average molecular weight is 271 g/mol. The number of hydrogen-bond donors (Lipinski definition) is 1. The Morgan fingerprint density at radius 2 is 2.05 bits per heavy atom. The monoisotopic (exact) mass is 271 g/mol. The molecule has 1 aliphatic rings. The van der Waals surface area contributed by atoms with E-state index >= 15 is 0 Å². The van der Waals surface area contributed by atoms with Crippen LogP contribution < -0.4 is 5.32 Å². The third-order valence-corrected chi connectivity index (χ3v) is 5.09. The zero-order valence-electron chi connectivity index (χ0n) is 11.4. The number of hydrogen-bond acceptors (Lipinski definition) is 2. The van der Waals surface area contributed by atoms with Crippen LogP contribution in [0.15, 0.2) is 41.8 Å². The summed E-state index contributed by atoms with van der Waals surface area (Å²) in [6.07, 6.45) is 3.74. The topological polar surface area (TPSA) is 12.0 Å². The lowest BCUT2D eigenvalue weighted by atomic mass is 9.79. The summed E-state index contributed by atoms with van der Waals surface area (Å²) in [7, 11) is 0. The van der Waals surface area contributed by atoms with E-state index in [-0.39, 0.29) is 0 Å². The van der Waals surface area contributed by atoms with E-state index < -0.39 is 0 Å². The minimum absolute atomic E-state index is 0.526. The van der Waals surface area contributed by atoms with Crippen LogP contribution in [0.5, 0.6) is 0 Å². The van der Waals surface area contributed by atoms with E-state index in [0.717, 1.165) is 12.5 Å². The minimum Gasteiger partial charge on any atom is -0.309 e. The quantitative estimate of drug-likeness (QED) is 0.878. The van der Waals surface area contributed by atoms with E-state index in [4.69, 9.17) is 0 Å². The largest absolute Gasteiger partial charge is 0.309 e. The van der Waals surface area contributed by atoms with Gasteiger partial charge in [0.05, 0.1) is 0 Å². The molecule has 3 rings (SSSR count). The molecule has 0 amide bonds. The van der Waals surface area contributed by atoms with Crippen molar-refractivity contribution in [3.05, 3.63) is 57.8 Å². The van der Waals surface area contributed by atoms with Crippen LogP contribution >= 0.6 is 11.3 Å². The van der Waals surface area contributed by atoms with Crippen molar-refractivity contribution in [1.82, 2.24) is 5.32 Å². The first-order valence-corrected chi connectivity index (χ1v) is 8.10. The Morgan fingerprint density at radius 1 is 1.21 bits per heavy atom. The first-order chi connectivity index (χ1) is 9.38. The number of rotatable bonds is 4. The van der Waals surface area contributed by atoms with Crippen LogP contribution in [-0.4, -0.2) is 6.54 Å². The molecule has 2 aromatic rings. The molecule has 0 saturated carbocycles. The van der Waals surface area contributed by atoms with Crippen LogP contribution in [0.3, 0.4) is 0 Å². The van der Waals surface area contributed by atoms with Gasteiger partial charge in [0, 0.05) is 10.9 Å². The molecule has 2 unspecified atom stereocenters. The van der Waals surface area contributed by atoms with E-state index in [1.807, 2.05) is 11.3 Å². The molecule has 1 nitrogen and oxygen atoms in total. The van der Waals surface area contributed by atoms with Crippen LogP contribution in [-0.2, 0) is 12.8 Å². The second-order valence-corrected chi connectivity index (χ2v) is 6.30. The third kappa shape index (κ3) is 2.75. The predicted octanol–water partition coefficient (Wildman–Crippen LogP) is 4.20. The first-order valence-electron chi connectivity index (χ1n) is 7.22. The highest BCUT2D eigenvalue weighted by molar-refractivity contribution is 7.10. The van der Waals surface area contributed by atoms with Crippen molar-refractivity contribution in [2.24, 2.45) is 5.92 Å². The number of nitrogens with one attached hydrogen (secondary N) is 1. The van der Waals surface area contributed by atoms with Gasteiger partial charge in [0.25, 0.3) is 0 Å². The van der Waals surface area contributed by atoms with E-state index in [2.05, 4.69) is 54.0 Å². The molecule has 1 N–H and O–H groups in total. The smallest absolute Gasteiger partial charge is 0.0446 e. The summed E-state index contributed by atoms with van der Waals surface area (Å²) in [5.41, 5.74) is 3.11. The normalized spacial score (nSPS) is 19.9. The van der Waals surface area contributed by atoms with Gasteiger partial charge in [0.1, 0.15) is 0 Å². The van der Waals surface area contributed by atoms with Crippen LogP contribution in [0.4, 0.5) is 0 Å². The molecule has 0 bridgehead atoms. The first kappa shape index (κ1) is 12.9. The number of thiophene rings is 1. The molecule has 0 aliphatic heterocycles. The van der Waals surface area contributed by atoms with Crippen LogP contribution in [0.2, 0.25) is 0 Å². The lowest BCUT2D eigenvalue weighted by Gasteiger charge is -2.31. The number of fused-ring (bicyclic) bond motifs is 1. The van der Waals surface area contributed by atoms with Crippen molar-refractivity contribution in [3.8, 4) is 0 Å². The lowest BCUT2D eigenvalue weighted by molar-refractivity contribution is 0.334. The number of benzene rings is 1. The number of aryl methyl sites for hydroxylation is 1. The SMILES string of the molecule is CCNC(c1cccs1)C1CCc2ccccc2C1. The zero-order valence-corrected chi connectivity index (χ0v) is 12.2. The van der Waals surface area contributed by atoms with Crippen LogP contribution in [0.1, 0.15) is 35.4 Å². The molecule has 0 saturated heterocycles. The Labute approximate surface area is 119 Å². The summed E-state index contributed by atoms with van der Waals surface area (Å²) in [6.45, 7) is 3.25. The molecule has 19 heavy (non-hydrogen) atoms. The molecule has 1 aliphatic carbocycles. The molecular formula is C17H21NS. The minimum atomic E-state index is 0.526. The Kier molecular flexibility index (Phi) is 4.00. The van der Waals surface area contributed by atoms with E-state index in [0.29, 0.717) is 6.04 Å². The average Bonchev–Trinajstić information content (AvgIpc) is 2.98. The molecule has 1 heterocycles. The summed E-state index contributed by atoms with van der Waals surface area (Å²) >= 11 is 1.88. The van der Waals surface area contributed by atoms with Gasteiger partial charge < -0.3 is 5.32 Å². The van der Waals surface area contributed by atoms with Gasteiger partial charge in [0.15, 0.2) is 0 Å². The van der Waals surface area contributed by atoms with Gasteiger partial charge in [-0.2, -0.15) is 0 Å². The van der Waals surface area contributed by atoms with Crippen molar-refractivity contribution >= 4 is 11.3 Å². The maximum Gasteiger partial charge on any atom is 0.0446 e. The second-order valence-electron chi connectivity index (χ2n) is 5.32. The Morgan fingerprint density at radius 3 is 2.79 bits per heavy atom. The van der Waals surface area contributed by atoms with E-state index in [1.54, 1.807) is 11.1 Å². The van der Waals surface area contributed by atoms with Gasteiger partial charge in [-0.1, -0.05) is 37.3 Å². The van der Waals surface area contributed by atoms with Crippen molar-refractivity contribution in [1.29, 1.82) is 0 Å². The van der Waals surface area contributed by atoms with Gasteiger partial charge >= 0.3 is 0 Å². The highest BCUT2D eigenvalue weighted by Crippen LogP contribution is 2.35. The van der Waals surface area contributed by atoms with E-state index in [1.165, 1.54) is 24.1 Å². The predicted molar refractivity (Wildman–Crippen MR) is 82.7 cm³/mol. The summed E-state index contributed by atoms with van der Waals surface area (Å²) in [5.74, 6) is 0.730. The van der Waals surface area contributed by atoms with Gasteiger partial charge in [-0.05, 0) is 54.3 Å². The van der Waals surface area contributed by atoms with Gasteiger partial charge in [-0.15, -0.1) is 11.3 Å². The maximum atomic E-state index is 3.70. The molecule has 100 valence electrons.